The second-order valence-corrected chi connectivity index (χ2v) is 3.58. The van der Waals surface area contributed by atoms with Crippen molar-refractivity contribution >= 4 is 0 Å². The Labute approximate surface area is 75.9 Å². The Kier molecular flexibility index (Phi) is 8.95. The summed E-state index contributed by atoms with van der Waals surface area (Å²) in [5.41, 5.74) is 0. The van der Waals surface area contributed by atoms with E-state index in [9.17, 15) is 0 Å². The van der Waals surface area contributed by atoms with Crippen LogP contribution in [0.1, 0.15) is 39.5 Å². The molecular formula is C10H22O2. The van der Waals surface area contributed by atoms with Gasteiger partial charge in [0.25, 0.3) is 0 Å². The summed E-state index contributed by atoms with van der Waals surface area (Å²) < 4.78 is 5.07. The first-order chi connectivity index (χ1) is 5.77. The fourth-order valence-electron chi connectivity index (χ4n) is 0.945. The number of rotatable bonds is 2. The molecular weight excluding hydrogens is 152 g/mol. The fraction of sp³-hybridized carbons (Fsp3) is 1.00. The predicted molar refractivity (Wildman–Crippen MR) is 51.2 cm³/mol. The highest BCUT2D eigenvalue weighted by Crippen LogP contribution is 2.02. The highest BCUT2D eigenvalue weighted by molar-refractivity contribution is 4.45. The molecule has 0 aromatic heterocycles. The standard InChI is InChI=1S/C5H10O.C5H12O/c1-2-4-6-5-3-1;1-5(2)3-4-6/h1-5H2;5-6H,3-4H2,1-2H3. The Hall–Kier alpha value is -0.0800. The van der Waals surface area contributed by atoms with Gasteiger partial charge in [0.1, 0.15) is 0 Å². The number of ether oxygens (including phenoxy) is 1. The normalized spacial score (nSPS) is 17.0. The van der Waals surface area contributed by atoms with Crippen LogP contribution in [0.2, 0.25) is 0 Å². The van der Waals surface area contributed by atoms with Gasteiger partial charge in [-0.25, -0.2) is 0 Å². The van der Waals surface area contributed by atoms with E-state index in [1.54, 1.807) is 0 Å². The molecule has 1 rings (SSSR count). The number of hydrogen-bond donors (Lipinski definition) is 1. The van der Waals surface area contributed by atoms with E-state index < -0.39 is 0 Å². The van der Waals surface area contributed by atoms with Gasteiger partial charge in [-0.1, -0.05) is 13.8 Å². The second-order valence-electron chi connectivity index (χ2n) is 3.58. The Balaban J connectivity index is 0.000000202. The summed E-state index contributed by atoms with van der Waals surface area (Å²) in [5.74, 6) is 0.648. The number of hydrogen-bond acceptors (Lipinski definition) is 2. The van der Waals surface area contributed by atoms with E-state index in [0.717, 1.165) is 19.6 Å². The summed E-state index contributed by atoms with van der Waals surface area (Å²) in [5, 5.41) is 8.24. The van der Waals surface area contributed by atoms with Gasteiger partial charge in [0.15, 0.2) is 0 Å². The Morgan fingerprint density at radius 2 is 1.75 bits per heavy atom. The molecule has 0 atom stereocenters. The van der Waals surface area contributed by atoms with Crippen LogP contribution in [0, 0.1) is 5.92 Å². The van der Waals surface area contributed by atoms with Crippen LogP contribution in [0.25, 0.3) is 0 Å². The molecule has 0 spiro atoms. The summed E-state index contributed by atoms with van der Waals surface area (Å²) in [6.07, 6.45) is 4.86. The summed E-state index contributed by atoms with van der Waals surface area (Å²) in [6, 6.07) is 0. The highest BCUT2D eigenvalue weighted by Gasteiger charge is 1.95. The van der Waals surface area contributed by atoms with Crippen molar-refractivity contribution in [3.8, 4) is 0 Å². The van der Waals surface area contributed by atoms with Crippen molar-refractivity contribution in [3.05, 3.63) is 0 Å². The summed E-state index contributed by atoms with van der Waals surface area (Å²) >= 11 is 0. The van der Waals surface area contributed by atoms with Gasteiger partial charge >= 0.3 is 0 Å². The smallest absolute Gasteiger partial charge is 0.0466 e. The molecule has 1 aliphatic heterocycles. The lowest BCUT2D eigenvalue weighted by Crippen LogP contribution is -2.03. The van der Waals surface area contributed by atoms with Gasteiger partial charge in [-0.05, 0) is 31.6 Å². The molecule has 1 saturated heterocycles. The van der Waals surface area contributed by atoms with Gasteiger partial charge < -0.3 is 9.84 Å². The largest absolute Gasteiger partial charge is 0.396 e. The molecule has 0 aromatic carbocycles. The van der Waals surface area contributed by atoms with Crippen molar-refractivity contribution in [3.63, 3.8) is 0 Å². The second kappa shape index (κ2) is 9.01. The first kappa shape index (κ1) is 11.9. The minimum Gasteiger partial charge on any atom is -0.396 e. The molecule has 0 amide bonds. The minimum atomic E-state index is 0.331. The van der Waals surface area contributed by atoms with E-state index in [2.05, 4.69) is 13.8 Å². The summed E-state index contributed by atoms with van der Waals surface area (Å²) in [4.78, 5) is 0. The van der Waals surface area contributed by atoms with Crippen LogP contribution >= 0.6 is 0 Å². The van der Waals surface area contributed by atoms with Crippen LogP contribution in [-0.4, -0.2) is 24.9 Å². The van der Waals surface area contributed by atoms with Crippen LogP contribution in [-0.2, 0) is 4.74 Å². The fourth-order valence-corrected chi connectivity index (χ4v) is 0.945. The third kappa shape index (κ3) is 9.92. The molecule has 1 fully saturated rings. The molecule has 0 aromatic rings. The molecule has 1 aliphatic rings. The van der Waals surface area contributed by atoms with Gasteiger partial charge in [0.05, 0.1) is 0 Å². The lowest BCUT2D eigenvalue weighted by molar-refractivity contribution is 0.0968. The zero-order chi connectivity index (χ0) is 9.23. The third-order valence-electron chi connectivity index (χ3n) is 1.78. The minimum absolute atomic E-state index is 0.331. The topological polar surface area (TPSA) is 29.5 Å². The molecule has 12 heavy (non-hydrogen) atoms. The third-order valence-corrected chi connectivity index (χ3v) is 1.78. The monoisotopic (exact) mass is 174 g/mol. The van der Waals surface area contributed by atoms with E-state index in [1.807, 2.05) is 0 Å². The highest BCUT2D eigenvalue weighted by atomic mass is 16.5. The van der Waals surface area contributed by atoms with E-state index >= 15 is 0 Å². The van der Waals surface area contributed by atoms with Crippen molar-refractivity contribution in [2.45, 2.75) is 39.5 Å². The van der Waals surface area contributed by atoms with Crippen LogP contribution < -0.4 is 0 Å². The van der Waals surface area contributed by atoms with E-state index in [4.69, 9.17) is 9.84 Å². The van der Waals surface area contributed by atoms with Gasteiger partial charge in [-0.2, -0.15) is 0 Å². The summed E-state index contributed by atoms with van der Waals surface area (Å²) in [7, 11) is 0. The quantitative estimate of drug-likeness (QED) is 0.695. The Bertz CT molecular complexity index is 66.4. The average molecular weight is 174 g/mol. The van der Waals surface area contributed by atoms with Crippen molar-refractivity contribution in [2.75, 3.05) is 19.8 Å². The van der Waals surface area contributed by atoms with Crippen LogP contribution in [0.5, 0.6) is 0 Å². The Morgan fingerprint density at radius 1 is 1.17 bits per heavy atom. The molecule has 2 nitrogen and oxygen atoms in total. The predicted octanol–water partition coefficient (Wildman–Crippen LogP) is 2.21. The van der Waals surface area contributed by atoms with Gasteiger partial charge in [0, 0.05) is 19.8 Å². The van der Waals surface area contributed by atoms with E-state index in [-0.39, 0.29) is 0 Å². The first-order valence-corrected chi connectivity index (χ1v) is 4.96. The molecule has 0 radical (unpaired) electrons. The number of aliphatic hydroxyl groups excluding tert-OH is 1. The molecule has 74 valence electrons. The van der Waals surface area contributed by atoms with Gasteiger partial charge in [0.2, 0.25) is 0 Å². The molecule has 0 unspecified atom stereocenters. The number of aliphatic hydroxyl groups is 1. The molecule has 0 bridgehead atoms. The van der Waals surface area contributed by atoms with Crippen molar-refractivity contribution in [2.24, 2.45) is 5.92 Å². The first-order valence-electron chi connectivity index (χ1n) is 4.96. The molecule has 1 N–H and O–H groups in total. The van der Waals surface area contributed by atoms with Crippen molar-refractivity contribution < 1.29 is 9.84 Å². The van der Waals surface area contributed by atoms with Crippen molar-refractivity contribution in [1.82, 2.24) is 0 Å². The summed E-state index contributed by atoms with van der Waals surface area (Å²) in [6.45, 7) is 6.52. The van der Waals surface area contributed by atoms with E-state index in [0.29, 0.717) is 12.5 Å². The van der Waals surface area contributed by atoms with Crippen LogP contribution in [0.4, 0.5) is 0 Å². The van der Waals surface area contributed by atoms with E-state index in [1.165, 1.54) is 19.3 Å². The van der Waals surface area contributed by atoms with Crippen molar-refractivity contribution in [1.29, 1.82) is 0 Å². The SMILES string of the molecule is C1CCOCC1.CC(C)CCO. The molecule has 1 heterocycles. The van der Waals surface area contributed by atoms with Crippen LogP contribution in [0.3, 0.4) is 0 Å². The average Bonchev–Trinajstić information content (AvgIpc) is 2.08. The van der Waals surface area contributed by atoms with Gasteiger partial charge in [-0.3, -0.25) is 0 Å². The maximum absolute atomic E-state index is 8.24. The zero-order valence-corrected chi connectivity index (χ0v) is 8.38. The van der Waals surface area contributed by atoms with Gasteiger partial charge in [-0.15, -0.1) is 0 Å². The molecule has 0 saturated carbocycles. The molecule has 2 heteroatoms. The molecule has 0 aliphatic carbocycles. The lowest BCUT2D eigenvalue weighted by atomic mass is 10.2. The maximum Gasteiger partial charge on any atom is 0.0466 e. The maximum atomic E-state index is 8.24. The Morgan fingerprint density at radius 3 is 1.83 bits per heavy atom. The zero-order valence-electron chi connectivity index (χ0n) is 8.38. The lowest BCUT2D eigenvalue weighted by Gasteiger charge is -2.08. The van der Waals surface area contributed by atoms with Crippen LogP contribution in [0.15, 0.2) is 0 Å².